The van der Waals surface area contributed by atoms with Gasteiger partial charge in [-0.15, -0.1) is 10.2 Å². The molecule has 2 atom stereocenters. The number of aromatic nitrogens is 2. The topological polar surface area (TPSA) is 67.8 Å². The first-order valence-corrected chi connectivity index (χ1v) is 7.74. The van der Waals surface area contributed by atoms with Gasteiger partial charge < -0.3 is 19.3 Å². The van der Waals surface area contributed by atoms with E-state index >= 15 is 0 Å². The first kappa shape index (κ1) is 15.2. The van der Waals surface area contributed by atoms with Gasteiger partial charge in [0, 0.05) is 26.2 Å². The van der Waals surface area contributed by atoms with E-state index in [1.807, 2.05) is 19.9 Å². The van der Waals surface area contributed by atoms with Crippen LogP contribution in [0.1, 0.15) is 24.3 Å². The fourth-order valence-electron chi connectivity index (χ4n) is 2.91. The highest BCUT2D eigenvalue weighted by Crippen LogP contribution is 2.15. The SMILES string of the molecule is CC1CN(C(=O)c2ccc(N3CCOCC3)nn2)CC(C)O1. The average Bonchev–Trinajstić information content (AvgIpc) is 2.54. The number of carbonyl (C=O) groups excluding carboxylic acids is 1. The third kappa shape index (κ3) is 3.36. The molecule has 0 radical (unpaired) electrons. The molecule has 1 aromatic heterocycles. The first-order valence-electron chi connectivity index (χ1n) is 7.74. The highest BCUT2D eigenvalue weighted by Gasteiger charge is 2.27. The smallest absolute Gasteiger partial charge is 0.274 e. The summed E-state index contributed by atoms with van der Waals surface area (Å²) in [5, 5.41) is 8.31. The highest BCUT2D eigenvalue weighted by atomic mass is 16.5. The van der Waals surface area contributed by atoms with E-state index in [4.69, 9.17) is 9.47 Å². The Labute approximate surface area is 130 Å². The third-order valence-electron chi connectivity index (χ3n) is 3.91. The van der Waals surface area contributed by atoms with Gasteiger partial charge in [-0.3, -0.25) is 4.79 Å². The van der Waals surface area contributed by atoms with Crippen LogP contribution >= 0.6 is 0 Å². The molecule has 2 fully saturated rings. The van der Waals surface area contributed by atoms with Gasteiger partial charge in [0.15, 0.2) is 11.5 Å². The summed E-state index contributed by atoms with van der Waals surface area (Å²) in [6.45, 7) is 8.15. The lowest BCUT2D eigenvalue weighted by atomic mass is 10.2. The van der Waals surface area contributed by atoms with Crippen molar-refractivity contribution in [2.24, 2.45) is 0 Å². The Morgan fingerprint density at radius 1 is 1.14 bits per heavy atom. The van der Waals surface area contributed by atoms with E-state index in [9.17, 15) is 4.79 Å². The number of hydrogen-bond donors (Lipinski definition) is 0. The van der Waals surface area contributed by atoms with Gasteiger partial charge in [0.2, 0.25) is 0 Å². The van der Waals surface area contributed by atoms with Crippen LogP contribution in [0.4, 0.5) is 5.82 Å². The van der Waals surface area contributed by atoms with E-state index in [1.165, 1.54) is 0 Å². The van der Waals surface area contributed by atoms with Crippen LogP contribution in [0.5, 0.6) is 0 Å². The Bertz CT molecular complexity index is 506. The number of ether oxygens (including phenoxy) is 2. The lowest BCUT2D eigenvalue weighted by Crippen LogP contribution is -2.48. The number of rotatable bonds is 2. The van der Waals surface area contributed by atoms with Gasteiger partial charge in [0.25, 0.3) is 5.91 Å². The highest BCUT2D eigenvalue weighted by molar-refractivity contribution is 5.92. The molecule has 1 amide bonds. The quantitative estimate of drug-likeness (QED) is 0.795. The van der Waals surface area contributed by atoms with Crippen LogP contribution in [0.15, 0.2) is 12.1 Å². The second-order valence-corrected chi connectivity index (χ2v) is 5.84. The van der Waals surface area contributed by atoms with E-state index in [0.29, 0.717) is 32.0 Å². The molecule has 1 aromatic rings. The predicted molar refractivity (Wildman–Crippen MR) is 81.0 cm³/mol. The molecule has 2 aliphatic heterocycles. The van der Waals surface area contributed by atoms with Crippen molar-refractivity contribution in [1.29, 1.82) is 0 Å². The minimum Gasteiger partial charge on any atom is -0.378 e. The van der Waals surface area contributed by atoms with E-state index in [1.54, 1.807) is 11.0 Å². The zero-order chi connectivity index (χ0) is 15.5. The number of anilines is 1. The van der Waals surface area contributed by atoms with Crippen molar-refractivity contribution >= 4 is 11.7 Å². The number of carbonyl (C=O) groups is 1. The molecule has 0 spiro atoms. The summed E-state index contributed by atoms with van der Waals surface area (Å²) in [4.78, 5) is 16.4. The first-order chi connectivity index (χ1) is 10.6. The monoisotopic (exact) mass is 306 g/mol. The summed E-state index contributed by atoms with van der Waals surface area (Å²) >= 11 is 0. The molecule has 0 N–H and O–H groups in total. The van der Waals surface area contributed by atoms with Crippen molar-refractivity contribution in [1.82, 2.24) is 15.1 Å². The lowest BCUT2D eigenvalue weighted by Gasteiger charge is -2.35. The average molecular weight is 306 g/mol. The Hall–Kier alpha value is -1.73. The second kappa shape index (κ2) is 6.58. The van der Waals surface area contributed by atoms with Crippen LogP contribution in [-0.2, 0) is 9.47 Å². The van der Waals surface area contributed by atoms with E-state index < -0.39 is 0 Å². The summed E-state index contributed by atoms with van der Waals surface area (Å²) in [5.41, 5.74) is 0.387. The molecule has 0 saturated carbocycles. The molecule has 120 valence electrons. The molecule has 2 saturated heterocycles. The van der Waals surface area contributed by atoms with Gasteiger partial charge in [-0.1, -0.05) is 0 Å². The molecule has 2 aliphatic rings. The summed E-state index contributed by atoms with van der Waals surface area (Å²) < 4.78 is 11.0. The molecule has 3 heterocycles. The minimum atomic E-state index is -0.0805. The summed E-state index contributed by atoms with van der Waals surface area (Å²) in [6, 6.07) is 3.61. The number of amides is 1. The second-order valence-electron chi connectivity index (χ2n) is 5.84. The van der Waals surface area contributed by atoms with Crippen LogP contribution in [-0.4, -0.2) is 72.6 Å². The van der Waals surface area contributed by atoms with Gasteiger partial charge in [-0.2, -0.15) is 0 Å². The van der Waals surface area contributed by atoms with Gasteiger partial charge in [0.05, 0.1) is 25.4 Å². The van der Waals surface area contributed by atoms with Crippen LogP contribution in [0, 0.1) is 0 Å². The van der Waals surface area contributed by atoms with Gasteiger partial charge >= 0.3 is 0 Å². The maximum atomic E-state index is 12.5. The number of nitrogens with zero attached hydrogens (tertiary/aromatic N) is 4. The molecule has 3 rings (SSSR count). The Balaban J connectivity index is 1.68. The molecule has 22 heavy (non-hydrogen) atoms. The van der Waals surface area contributed by atoms with Crippen LogP contribution < -0.4 is 4.90 Å². The van der Waals surface area contributed by atoms with E-state index in [0.717, 1.165) is 18.9 Å². The van der Waals surface area contributed by atoms with Crippen molar-refractivity contribution in [2.75, 3.05) is 44.3 Å². The van der Waals surface area contributed by atoms with Crippen LogP contribution in [0.3, 0.4) is 0 Å². The number of hydrogen-bond acceptors (Lipinski definition) is 6. The van der Waals surface area contributed by atoms with E-state index in [2.05, 4.69) is 15.1 Å². The van der Waals surface area contributed by atoms with Crippen molar-refractivity contribution in [2.45, 2.75) is 26.1 Å². The van der Waals surface area contributed by atoms with Gasteiger partial charge in [0.1, 0.15) is 0 Å². The van der Waals surface area contributed by atoms with Crippen molar-refractivity contribution in [3.63, 3.8) is 0 Å². The van der Waals surface area contributed by atoms with Crippen molar-refractivity contribution < 1.29 is 14.3 Å². The fraction of sp³-hybridized carbons (Fsp3) is 0.667. The Morgan fingerprint density at radius 3 is 2.41 bits per heavy atom. The summed E-state index contributed by atoms with van der Waals surface area (Å²) in [6.07, 6.45) is 0.0987. The fourth-order valence-corrected chi connectivity index (χ4v) is 2.91. The van der Waals surface area contributed by atoms with Crippen LogP contribution in [0.2, 0.25) is 0 Å². The molecular formula is C15H22N4O3. The molecule has 0 aliphatic carbocycles. The van der Waals surface area contributed by atoms with Crippen molar-refractivity contribution in [3.8, 4) is 0 Å². The van der Waals surface area contributed by atoms with Crippen molar-refractivity contribution in [3.05, 3.63) is 17.8 Å². The molecule has 0 bridgehead atoms. The lowest BCUT2D eigenvalue weighted by molar-refractivity contribution is -0.0587. The molecule has 7 heteroatoms. The maximum absolute atomic E-state index is 12.5. The molecule has 0 aromatic carbocycles. The summed E-state index contributed by atoms with van der Waals surface area (Å²) in [5.74, 6) is 0.714. The zero-order valence-corrected chi connectivity index (χ0v) is 13.1. The molecule has 2 unspecified atom stereocenters. The standard InChI is InChI=1S/C15H22N4O3/c1-11-9-19(10-12(2)22-11)15(20)13-3-4-14(17-16-13)18-5-7-21-8-6-18/h3-4,11-12H,5-10H2,1-2H3. The zero-order valence-electron chi connectivity index (χ0n) is 13.1. The van der Waals surface area contributed by atoms with Gasteiger partial charge in [-0.25, -0.2) is 0 Å². The van der Waals surface area contributed by atoms with E-state index in [-0.39, 0.29) is 18.1 Å². The number of morpholine rings is 2. The van der Waals surface area contributed by atoms with Crippen LogP contribution in [0.25, 0.3) is 0 Å². The Morgan fingerprint density at radius 2 is 1.82 bits per heavy atom. The minimum absolute atomic E-state index is 0.0493. The third-order valence-corrected chi connectivity index (χ3v) is 3.91. The van der Waals surface area contributed by atoms with Gasteiger partial charge in [-0.05, 0) is 26.0 Å². The molecular weight excluding hydrogens is 284 g/mol. The predicted octanol–water partition coefficient (Wildman–Crippen LogP) is 0.563. The Kier molecular flexibility index (Phi) is 4.54. The summed E-state index contributed by atoms with van der Waals surface area (Å²) in [7, 11) is 0. The normalized spacial score (nSPS) is 26.1. The largest absolute Gasteiger partial charge is 0.378 e. The molecule has 7 nitrogen and oxygen atoms in total. The maximum Gasteiger partial charge on any atom is 0.274 e.